The highest BCUT2D eigenvalue weighted by atomic mass is 16.2. The van der Waals surface area contributed by atoms with Gasteiger partial charge in [0.25, 0.3) is 0 Å². The summed E-state index contributed by atoms with van der Waals surface area (Å²) in [5, 5.41) is 5.89. The van der Waals surface area contributed by atoms with Gasteiger partial charge in [-0.05, 0) is 62.8 Å². The van der Waals surface area contributed by atoms with Crippen LogP contribution < -0.4 is 20.4 Å². The molecule has 4 rings (SSSR count). The third-order valence-electron chi connectivity index (χ3n) is 6.34. The molecule has 0 bridgehead atoms. The maximum atomic E-state index is 12.4. The lowest BCUT2D eigenvalue weighted by atomic mass is 9.99. The number of nitrogens with one attached hydrogen (secondary N) is 2. The quantitative estimate of drug-likeness (QED) is 0.658. The van der Waals surface area contributed by atoms with Crippen LogP contribution in [0.4, 0.5) is 11.4 Å². The van der Waals surface area contributed by atoms with Gasteiger partial charge in [-0.1, -0.05) is 35.4 Å². The first-order valence-corrected chi connectivity index (χ1v) is 11.7. The predicted molar refractivity (Wildman–Crippen MR) is 129 cm³/mol. The van der Waals surface area contributed by atoms with E-state index in [1.165, 1.54) is 33.6 Å². The van der Waals surface area contributed by atoms with E-state index in [1.807, 2.05) is 0 Å². The van der Waals surface area contributed by atoms with Crippen molar-refractivity contribution in [2.24, 2.45) is 0 Å². The Labute approximate surface area is 191 Å². The summed E-state index contributed by atoms with van der Waals surface area (Å²) in [4.78, 5) is 29.2. The van der Waals surface area contributed by atoms with Gasteiger partial charge in [0, 0.05) is 37.6 Å². The molecule has 0 aliphatic carbocycles. The number of rotatable bonds is 7. The van der Waals surface area contributed by atoms with Crippen LogP contribution in [0.2, 0.25) is 0 Å². The summed E-state index contributed by atoms with van der Waals surface area (Å²) in [7, 11) is 0. The topological polar surface area (TPSA) is 64.7 Å². The van der Waals surface area contributed by atoms with E-state index in [0.717, 1.165) is 38.8 Å². The third-order valence-corrected chi connectivity index (χ3v) is 6.34. The van der Waals surface area contributed by atoms with Crippen molar-refractivity contribution in [1.29, 1.82) is 0 Å². The summed E-state index contributed by atoms with van der Waals surface area (Å²) in [5.74, 6) is -0.0130. The van der Waals surface area contributed by atoms with Crippen LogP contribution in [0.5, 0.6) is 0 Å². The number of carbonyl (C=O) groups excluding carboxylic acids is 2. The molecular weight excluding hydrogens is 400 g/mol. The number of carbonyl (C=O) groups is 2. The number of fused-ring (bicyclic) bond motifs is 2. The van der Waals surface area contributed by atoms with Gasteiger partial charge in [0.1, 0.15) is 0 Å². The monoisotopic (exact) mass is 434 g/mol. The molecule has 0 saturated carbocycles. The molecule has 32 heavy (non-hydrogen) atoms. The Morgan fingerprint density at radius 2 is 1.19 bits per heavy atom. The zero-order valence-electron chi connectivity index (χ0n) is 19.2. The Hall–Kier alpha value is -3.02. The van der Waals surface area contributed by atoms with E-state index >= 15 is 0 Å². The highest BCUT2D eigenvalue weighted by Crippen LogP contribution is 2.28. The van der Waals surface area contributed by atoms with Crippen molar-refractivity contribution in [2.45, 2.75) is 39.5 Å². The Morgan fingerprint density at radius 1 is 0.750 bits per heavy atom. The standard InChI is InChI=1S/C26H34N4O2/c1-19-7-9-23-21(15-19)5-3-13-29(23)17-25(31)27-11-12-28-26(32)18-30-14-4-6-22-16-20(2)8-10-24(22)30/h7-10,15-16H,3-6,11-14,17-18H2,1-2H3,(H,27,31)(H,28,32). The fourth-order valence-electron chi connectivity index (χ4n) is 4.80. The van der Waals surface area contributed by atoms with Gasteiger partial charge in [0.05, 0.1) is 13.1 Å². The van der Waals surface area contributed by atoms with Crippen molar-refractivity contribution >= 4 is 23.2 Å². The third kappa shape index (κ3) is 5.42. The van der Waals surface area contributed by atoms with E-state index in [0.29, 0.717) is 26.2 Å². The Morgan fingerprint density at radius 3 is 1.62 bits per heavy atom. The zero-order chi connectivity index (χ0) is 22.5. The van der Waals surface area contributed by atoms with Gasteiger partial charge in [-0.3, -0.25) is 9.59 Å². The SMILES string of the molecule is Cc1ccc2c(c1)CCCN2CC(=O)NCCNC(=O)CN1CCCc2cc(C)ccc21. The lowest BCUT2D eigenvalue weighted by molar-refractivity contribution is -0.121. The maximum absolute atomic E-state index is 12.4. The Kier molecular flexibility index (Phi) is 6.98. The number of aryl methyl sites for hydroxylation is 4. The van der Waals surface area contributed by atoms with Crippen LogP contribution in [0.15, 0.2) is 36.4 Å². The van der Waals surface area contributed by atoms with Crippen LogP contribution in [0, 0.1) is 13.8 Å². The van der Waals surface area contributed by atoms with E-state index in [2.05, 4.69) is 70.7 Å². The molecule has 6 nitrogen and oxygen atoms in total. The molecule has 170 valence electrons. The predicted octanol–water partition coefficient (Wildman–Crippen LogP) is 2.74. The molecule has 2 heterocycles. The van der Waals surface area contributed by atoms with Crippen LogP contribution in [0.25, 0.3) is 0 Å². The number of nitrogens with zero attached hydrogens (tertiary/aromatic N) is 2. The summed E-state index contributed by atoms with van der Waals surface area (Å²) in [6.07, 6.45) is 4.28. The van der Waals surface area contributed by atoms with Crippen molar-refractivity contribution in [2.75, 3.05) is 49.1 Å². The Balaban J connectivity index is 1.19. The van der Waals surface area contributed by atoms with Crippen LogP contribution in [-0.4, -0.2) is 51.1 Å². The molecule has 2 amide bonds. The molecule has 2 aliphatic rings. The first-order valence-electron chi connectivity index (χ1n) is 11.7. The van der Waals surface area contributed by atoms with Gasteiger partial charge in [0.15, 0.2) is 0 Å². The maximum Gasteiger partial charge on any atom is 0.239 e. The molecule has 0 saturated heterocycles. The lowest BCUT2D eigenvalue weighted by Crippen LogP contribution is -2.44. The first-order chi connectivity index (χ1) is 15.5. The van der Waals surface area contributed by atoms with Crippen LogP contribution >= 0.6 is 0 Å². The molecule has 0 radical (unpaired) electrons. The zero-order valence-corrected chi connectivity index (χ0v) is 19.2. The van der Waals surface area contributed by atoms with Crippen LogP contribution in [0.3, 0.4) is 0 Å². The summed E-state index contributed by atoms with van der Waals surface area (Å²) in [6, 6.07) is 12.9. The first kappa shape index (κ1) is 22.2. The van der Waals surface area contributed by atoms with Gasteiger partial charge in [-0.15, -0.1) is 0 Å². The normalized spacial score (nSPS) is 15.1. The van der Waals surface area contributed by atoms with E-state index < -0.39 is 0 Å². The minimum absolute atomic E-state index is 0.00648. The second-order valence-electron chi connectivity index (χ2n) is 9.01. The number of hydrogen-bond acceptors (Lipinski definition) is 4. The van der Waals surface area contributed by atoms with Crippen molar-refractivity contribution < 1.29 is 9.59 Å². The highest BCUT2D eigenvalue weighted by molar-refractivity contribution is 5.83. The van der Waals surface area contributed by atoms with Gasteiger partial charge in [-0.25, -0.2) is 0 Å². The highest BCUT2D eigenvalue weighted by Gasteiger charge is 2.20. The van der Waals surface area contributed by atoms with E-state index in [4.69, 9.17) is 0 Å². The molecule has 0 unspecified atom stereocenters. The molecular formula is C26H34N4O2. The largest absolute Gasteiger partial charge is 0.362 e. The minimum atomic E-state index is -0.00648. The van der Waals surface area contributed by atoms with Gasteiger partial charge >= 0.3 is 0 Å². The number of hydrogen-bond donors (Lipinski definition) is 2. The van der Waals surface area contributed by atoms with Crippen LogP contribution in [-0.2, 0) is 22.4 Å². The average Bonchev–Trinajstić information content (AvgIpc) is 2.76. The summed E-state index contributed by atoms with van der Waals surface area (Å²) >= 11 is 0. The Bertz CT molecular complexity index is 908. The molecule has 0 spiro atoms. The van der Waals surface area contributed by atoms with Gasteiger partial charge < -0.3 is 20.4 Å². The fourth-order valence-corrected chi connectivity index (χ4v) is 4.80. The smallest absolute Gasteiger partial charge is 0.239 e. The van der Waals surface area contributed by atoms with Gasteiger partial charge in [-0.2, -0.15) is 0 Å². The summed E-state index contributed by atoms with van der Waals surface area (Å²) in [6.45, 7) is 7.59. The van der Waals surface area contributed by atoms with Crippen molar-refractivity contribution in [3.05, 3.63) is 58.7 Å². The minimum Gasteiger partial charge on any atom is -0.362 e. The van der Waals surface area contributed by atoms with E-state index in [-0.39, 0.29) is 11.8 Å². The van der Waals surface area contributed by atoms with Gasteiger partial charge in [0.2, 0.25) is 11.8 Å². The molecule has 2 aromatic carbocycles. The molecule has 2 aliphatic heterocycles. The molecule has 6 heteroatoms. The molecule has 2 N–H and O–H groups in total. The summed E-state index contributed by atoms with van der Waals surface area (Å²) < 4.78 is 0. The molecule has 0 fully saturated rings. The average molecular weight is 435 g/mol. The van der Waals surface area contributed by atoms with Crippen LogP contribution in [0.1, 0.15) is 35.1 Å². The summed E-state index contributed by atoms with van der Waals surface area (Å²) in [5.41, 5.74) is 7.50. The molecule has 2 aromatic rings. The molecule has 0 aromatic heterocycles. The molecule has 0 atom stereocenters. The second-order valence-corrected chi connectivity index (χ2v) is 9.01. The number of anilines is 2. The number of benzene rings is 2. The fraction of sp³-hybridized carbons (Fsp3) is 0.462. The second kappa shape index (κ2) is 10.1. The van der Waals surface area contributed by atoms with E-state index in [9.17, 15) is 9.59 Å². The lowest BCUT2D eigenvalue weighted by Gasteiger charge is -2.31. The van der Waals surface area contributed by atoms with Crippen molar-refractivity contribution in [1.82, 2.24) is 10.6 Å². The van der Waals surface area contributed by atoms with E-state index in [1.54, 1.807) is 0 Å². The van der Waals surface area contributed by atoms with Crippen molar-refractivity contribution in [3.8, 4) is 0 Å². The number of amides is 2. The van der Waals surface area contributed by atoms with Crippen molar-refractivity contribution in [3.63, 3.8) is 0 Å².